The molecule has 1 amide bonds. The van der Waals surface area contributed by atoms with E-state index in [1.807, 2.05) is 49.4 Å². The number of amidine groups is 1. The first-order valence-corrected chi connectivity index (χ1v) is 10.4. The van der Waals surface area contributed by atoms with Crippen LogP contribution in [0.3, 0.4) is 0 Å². The molecule has 1 atom stereocenters. The Morgan fingerprint density at radius 3 is 2.47 bits per heavy atom. The lowest BCUT2D eigenvalue weighted by Gasteiger charge is -2.17. The van der Waals surface area contributed by atoms with E-state index in [1.54, 1.807) is 19.1 Å². The number of ether oxygens (including phenoxy) is 2. The smallest absolute Gasteiger partial charge is 0.305 e. The van der Waals surface area contributed by atoms with E-state index in [1.165, 1.54) is 11.8 Å². The van der Waals surface area contributed by atoms with Gasteiger partial charge in [-0.2, -0.15) is 0 Å². The molecule has 0 aliphatic carbocycles. The van der Waals surface area contributed by atoms with Crippen molar-refractivity contribution in [3.63, 3.8) is 0 Å². The molecule has 30 heavy (non-hydrogen) atoms. The standard InChI is InChI=1S/C22H24N2O5S/c1-14-4-7-16(8-5-14)23-22-24(21(27)19(30-22)13-20(25)26)11-10-15-6-9-17(28-2)18(12-15)29-3/h4-9,12,19H,10-11,13H2,1-3H3,(H,25,26). The topological polar surface area (TPSA) is 88.4 Å². The summed E-state index contributed by atoms with van der Waals surface area (Å²) in [7, 11) is 3.15. The Morgan fingerprint density at radius 2 is 1.83 bits per heavy atom. The van der Waals surface area contributed by atoms with Gasteiger partial charge in [-0.3, -0.25) is 14.5 Å². The zero-order chi connectivity index (χ0) is 21.7. The molecule has 8 heteroatoms. The minimum absolute atomic E-state index is 0.228. The number of aliphatic carboxylic acids is 1. The predicted octanol–water partition coefficient (Wildman–Crippen LogP) is 3.66. The minimum atomic E-state index is -1.00. The lowest BCUT2D eigenvalue weighted by molar-refractivity contribution is -0.139. The third-order valence-electron chi connectivity index (χ3n) is 4.71. The maximum absolute atomic E-state index is 12.9. The van der Waals surface area contributed by atoms with E-state index in [4.69, 9.17) is 14.6 Å². The minimum Gasteiger partial charge on any atom is -0.493 e. The molecule has 0 saturated carbocycles. The Balaban J connectivity index is 1.82. The average molecular weight is 429 g/mol. The summed E-state index contributed by atoms with van der Waals surface area (Å²) in [6.07, 6.45) is 0.336. The molecule has 7 nitrogen and oxygen atoms in total. The van der Waals surface area contributed by atoms with Gasteiger partial charge in [0.15, 0.2) is 16.7 Å². The Hall–Kier alpha value is -3.00. The van der Waals surface area contributed by atoms with Gasteiger partial charge in [0.25, 0.3) is 0 Å². The second-order valence-corrected chi connectivity index (χ2v) is 8.03. The number of nitrogens with zero attached hydrogens (tertiary/aromatic N) is 2. The normalized spacial score (nSPS) is 17.4. The molecule has 0 aromatic heterocycles. The lowest BCUT2D eigenvalue weighted by atomic mass is 10.1. The molecule has 0 bridgehead atoms. The highest BCUT2D eigenvalue weighted by Crippen LogP contribution is 2.32. The monoisotopic (exact) mass is 428 g/mol. The molecule has 2 aromatic rings. The number of aliphatic imine (C=N–C) groups is 1. The van der Waals surface area contributed by atoms with Crippen LogP contribution >= 0.6 is 11.8 Å². The Bertz CT molecular complexity index is 959. The first-order chi connectivity index (χ1) is 14.4. The van der Waals surface area contributed by atoms with Gasteiger partial charge in [-0.05, 0) is 43.2 Å². The molecule has 2 aromatic carbocycles. The van der Waals surface area contributed by atoms with Crippen LogP contribution in [0.4, 0.5) is 5.69 Å². The molecule has 0 spiro atoms. The van der Waals surface area contributed by atoms with E-state index < -0.39 is 11.2 Å². The highest BCUT2D eigenvalue weighted by molar-refractivity contribution is 8.15. The van der Waals surface area contributed by atoms with Crippen LogP contribution in [0.5, 0.6) is 11.5 Å². The SMILES string of the molecule is COc1ccc(CCN2C(=O)C(CC(=O)O)SC2=Nc2ccc(C)cc2)cc1OC. The van der Waals surface area contributed by atoms with Crippen molar-refractivity contribution in [1.29, 1.82) is 0 Å². The number of thioether (sulfide) groups is 1. The molecular weight excluding hydrogens is 404 g/mol. The van der Waals surface area contributed by atoms with E-state index >= 15 is 0 Å². The summed E-state index contributed by atoms with van der Waals surface area (Å²) >= 11 is 1.20. The average Bonchev–Trinajstić information content (AvgIpc) is 3.01. The fourth-order valence-corrected chi connectivity index (χ4v) is 4.27. The van der Waals surface area contributed by atoms with E-state index in [9.17, 15) is 9.59 Å². The highest BCUT2D eigenvalue weighted by atomic mass is 32.2. The number of hydrogen-bond donors (Lipinski definition) is 1. The van der Waals surface area contributed by atoms with Gasteiger partial charge < -0.3 is 14.6 Å². The van der Waals surface area contributed by atoms with Crippen molar-refractivity contribution >= 4 is 34.5 Å². The van der Waals surface area contributed by atoms with Crippen LogP contribution in [0.15, 0.2) is 47.5 Å². The van der Waals surface area contributed by atoms with Crippen LogP contribution in [0, 0.1) is 6.92 Å². The van der Waals surface area contributed by atoms with Crippen molar-refractivity contribution in [3.8, 4) is 11.5 Å². The number of amides is 1. The number of carboxylic acids is 1. The number of benzene rings is 2. The second kappa shape index (κ2) is 9.67. The van der Waals surface area contributed by atoms with Crippen LogP contribution < -0.4 is 9.47 Å². The van der Waals surface area contributed by atoms with E-state index in [-0.39, 0.29) is 12.3 Å². The van der Waals surface area contributed by atoms with Crippen LogP contribution in [-0.4, -0.2) is 53.1 Å². The van der Waals surface area contributed by atoms with Gasteiger partial charge in [0, 0.05) is 6.54 Å². The Labute approximate surface area is 179 Å². The first-order valence-electron chi connectivity index (χ1n) is 9.47. The number of hydrogen-bond acceptors (Lipinski definition) is 6. The van der Waals surface area contributed by atoms with Crippen molar-refractivity contribution < 1.29 is 24.2 Å². The van der Waals surface area contributed by atoms with Crippen molar-refractivity contribution in [1.82, 2.24) is 4.90 Å². The molecule has 3 rings (SSSR count). The lowest BCUT2D eigenvalue weighted by Crippen LogP contribution is -2.34. The third-order valence-corrected chi connectivity index (χ3v) is 5.89. The van der Waals surface area contributed by atoms with Gasteiger partial charge >= 0.3 is 5.97 Å². The van der Waals surface area contributed by atoms with Gasteiger partial charge in [-0.25, -0.2) is 4.99 Å². The molecule has 1 unspecified atom stereocenters. The maximum Gasteiger partial charge on any atom is 0.305 e. The summed E-state index contributed by atoms with van der Waals surface area (Å²) in [5.74, 6) is 0.0256. The van der Waals surface area contributed by atoms with Crippen LogP contribution in [0.2, 0.25) is 0 Å². The Kier molecular flexibility index (Phi) is 6.99. The van der Waals surface area contributed by atoms with Crippen molar-refractivity contribution in [2.45, 2.75) is 25.0 Å². The fourth-order valence-electron chi connectivity index (χ4n) is 3.10. The van der Waals surface area contributed by atoms with Crippen molar-refractivity contribution in [2.24, 2.45) is 4.99 Å². The summed E-state index contributed by atoms with van der Waals surface area (Å²) in [4.78, 5) is 30.2. The number of methoxy groups -OCH3 is 2. The van der Waals surface area contributed by atoms with Gasteiger partial charge in [0.05, 0.1) is 26.3 Å². The maximum atomic E-state index is 12.9. The van der Waals surface area contributed by atoms with Crippen LogP contribution in [0.1, 0.15) is 17.5 Å². The quantitative estimate of drug-likeness (QED) is 0.690. The molecule has 1 aliphatic heterocycles. The molecule has 1 aliphatic rings. The van der Waals surface area contributed by atoms with Gasteiger partial charge in [0.2, 0.25) is 5.91 Å². The van der Waals surface area contributed by atoms with E-state index in [0.29, 0.717) is 29.6 Å². The number of aryl methyl sites for hydroxylation is 1. The van der Waals surface area contributed by atoms with E-state index in [0.717, 1.165) is 16.8 Å². The molecule has 1 fully saturated rings. The summed E-state index contributed by atoms with van der Waals surface area (Å²) in [5.41, 5.74) is 2.81. The zero-order valence-electron chi connectivity index (χ0n) is 17.1. The summed E-state index contributed by atoms with van der Waals surface area (Å²) < 4.78 is 10.6. The zero-order valence-corrected chi connectivity index (χ0v) is 17.9. The molecule has 1 heterocycles. The fraction of sp³-hybridized carbons (Fsp3) is 0.318. The molecular formula is C22H24N2O5S. The second-order valence-electron chi connectivity index (χ2n) is 6.86. The van der Waals surface area contributed by atoms with Gasteiger partial charge in [-0.15, -0.1) is 0 Å². The van der Waals surface area contributed by atoms with Crippen molar-refractivity contribution in [2.75, 3.05) is 20.8 Å². The molecule has 0 radical (unpaired) electrons. The van der Waals surface area contributed by atoms with Crippen LogP contribution in [-0.2, 0) is 16.0 Å². The van der Waals surface area contributed by atoms with Gasteiger partial charge in [0.1, 0.15) is 5.25 Å². The van der Waals surface area contributed by atoms with E-state index in [2.05, 4.69) is 4.99 Å². The third kappa shape index (κ3) is 5.13. The first kappa shape index (κ1) is 21.7. The number of carbonyl (C=O) groups excluding carboxylic acids is 1. The number of carboxylic acid groups (broad SMARTS) is 1. The highest BCUT2D eigenvalue weighted by Gasteiger charge is 2.39. The van der Waals surface area contributed by atoms with Crippen LogP contribution in [0.25, 0.3) is 0 Å². The van der Waals surface area contributed by atoms with Crippen molar-refractivity contribution in [3.05, 3.63) is 53.6 Å². The predicted molar refractivity (Wildman–Crippen MR) is 117 cm³/mol. The van der Waals surface area contributed by atoms with Gasteiger partial charge in [-0.1, -0.05) is 35.5 Å². The number of carbonyl (C=O) groups is 2. The Morgan fingerprint density at radius 1 is 1.13 bits per heavy atom. The molecule has 1 N–H and O–H groups in total. The largest absolute Gasteiger partial charge is 0.493 e. The summed E-state index contributed by atoms with van der Waals surface area (Å²) in [5, 5.41) is 9.00. The summed E-state index contributed by atoms with van der Waals surface area (Å²) in [6, 6.07) is 13.3. The molecule has 158 valence electrons. The molecule has 1 saturated heterocycles. The summed E-state index contributed by atoms with van der Waals surface area (Å²) in [6.45, 7) is 2.38. The number of rotatable bonds is 8.